The van der Waals surface area contributed by atoms with Crippen LogP contribution in [0.2, 0.25) is 0 Å². The number of carbonyl (C=O) groups is 1. The number of hydrazone groups is 1. The summed E-state index contributed by atoms with van der Waals surface area (Å²) in [6, 6.07) is 8.85. The fourth-order valence-corrected chi connectivity index (χ4v) is 2.21. The van der Waals surface area contributed by atoms with Crippen LogP contribution >= 0.6 is 15.9 Å². The lowest BCUT2D eigenvalue weighted by atomic mass is 10.3. The normalized spacial score (nSPS) is 11.5. The molecule has 0 unspecified atom stereocenters. The Morgan fingerprint density at radius 2 is 2.25 bits per heavy atom. The molecule has 0 radical (unpaired) electrons. The van der Waals surface area contributed by atoms with E-state index in [0.29, 0.717) is 16.0 Å². The zero-order valence-electron chi connectivity index (χ0n) is 13.3. The van der Waals surface area contributed by atoms with Crippen molar-refractivity contribution in [1.82, 2.24) is 5.43 Å². The highest BCUT2D eigenvalue weighted by Crippen LogP contribution is 2.28. The van der Waals surface area contributed by atoms with Crippen LogP contribution in [0.5, 0.6) is 11.5 Å². The molecule has 1 amide bonds. The first-order chi connectivity index (χ1) is 11.6. The molecule has 2 aromatic rings. The maximum atomic E-state index is 11.7. The summed E-state index contributed by atoms with van der Waals surface area (Å²) in [6.07, 6.45) is 4.93. The van der Waals surface area contributed by atoms with E-state index < -0.39 is 0 Å². The highest BCUT2D eigenvalue weighted by atomic mass is 79.9. The molecule has 1 aromatic carbocycles. The van der Waals surface area contributed by atoms with Crippen molar-refractivity contribution in [1.29, 1.82) is 0 Å². The molecule has 2 rings (SSSR count). The van der Waals surface area contributed by atoms with Crippen molar-refractivity contribution in [2.75, 3.05) is 13.7 Å². The second-order valence-electron chi connectivity index (χ2n) is 4.78. The second kappa shape index (κ2) is 8.93. The second-order valence-corrected chi connectivity index (χ2v) is 5.64. The summed E-state index contributed by atoms with van der Waals surface area (Å²) in [5.74, 6) is 1.60. The maximum absolute atomic E-state index is 11.7. The van der Waals surface area contributed by atoms with Gasteiger partial charge in [0.25, 0.3) is 5.91 Å². The summed E-state index contributed by atoms with van der Waals surface area (Å²) in [7, 11) is 1.58. The summed E-state index contributed by atoms with van der Waals surface area (Å²) >= 11 is 3.36. The number of nitrogens with one attached hydrogen (secondary N) is 1. The lowest BCUT2D eigenvalue weighted by molar-refractivity contribution is -0.123. The van der Waals surface area contributed by atoms with Crippen LogP contribution in [0.4, 0.5) is 0 Å². The van der Waals surface area contributed by atoms with E-state index in [-0.39, 0.29) is 12.5 Å². The summed E-state index contributed by atoms with van der Waals surface area (Å²) in [6.45, 7) is 1.70. The Hall–Kier alpha value is -2.54. The molecule has 1 aromatic heterocycles. The maximum Gasteiger partial charge on any atom is 0.277 e. The van der Waals surface area contributed by atoms with E-state index in [4.69, 9.17) is 13.9 Å². The largest absolute Gasteiger partial charge is 0.497 e. The molecule has 0 saturated heterocycles. The fraction of sp³-hybridized carbons (Fsp3) is 0.176. The minimum absolute atomic E-state index is 0.150. The lowest BCUT2D eigenvalue weighted by Gasteiger charge is -2.08. The van der Waals surface area contributed by atoms with Crippen LogP contribution in [0.3, 0.4) is 0 Å². The number of furan rings is 1. The van der Waals surface area contributed by atoms with Crippen LogP contribution in [0.1, 0.15) is 12.7 Å². The molecule has 1 N–H and O–H groups in total. The van der Waals surface area contributed by atoms with Crippen molar-refractivity contribution in [3.05, 3.63) is 52.4 Å². The summed E-state index contributed by atoms with van der Waals surface area (Å²) < 4.78 is 16.4. The van der Waals surface area contributed by atoms with Gasteiger partial charge in [-0.15, -0.1) is 0 Å². The molecule has 0 aliphatic rings. The van der Waals surface area contributed by atoms with Crippen molar-refractivity contribution in [2.24, 2.45) is 5.10 Å². The van der Waals surface area contributed by atoms with Gasteiger partial charge in [0.1, 0.15) is 17.3 Å². The molecule has 126 valence electrons. The molecular weight excluding hydrogens is 376 g/mol. The predicted molar refractivity (Wildman–Crippen MR) is 95.2 cm³/mol. The number of hydrogen-bond acceptors (Lipinski definition) is 5. The number of halogens is 1. The zero-order valence-corrected chi connectivity index (χ0v) is 14.9. The number of amides is 1. The van der Waals surface area contributed by atoms with Gasteiger partial charge in [-0.3, -0.25) is 4.79 Å². The summed E-state index contributed by atoms with van der Waals surface area (Å²) in [4.78, 5) is 11.7. The molecule has 24 heavy (non-hydrogen) atoms. The van der Waals surface area contributed by atoms with E-state index in [0.717, 1.165) is 11.3 Å². The van der Waals surface area contributed by atoms with Gasteiger partial charge in [0.05, 0.1) is 24.1 Å². The first-order valence-corrected chi connectivity index (χ1v) is 7.88. The van der Waals surface area contributed by atoms with Gasteiger partial charge in [-0.1, -0.05) is 0 Å². The van der Waals surface area contributed by atoms with Crippen LogP contribution in [0.15, 0.2) is 56.2 Å². The van der Waals surface area contributed by atoms with Gasteiger partial charge in [0.2, 0.25) is 0 Å². The third-order valence-corrected chi connectivity index (χ3v) is 3.49. The topological polar surface area (TPSA) is 73.1 Å². The molecule has 7 heteroatoms. The average molecular weight is 393 g/mol. The van der Waals surface area contributed by atoms with E-state index >= 15 is 0 Å². The first kappa shape index (κ1) is 17.8. The summed E-state index contributed by atoms with van der Waals surface area (Å²) in [5.41, 5.74) is 3.24. The Morgan fingerprint density at radius 1 is 1.42 bits per heavy atom. The number of benzene rings is 1. The molecule has 0 bridgehead atoms. The number of ether oxygens (including phenoxy) is 2. The van der Waals surface area contributed by atoms with E-state index in [9.17, 15) is 4.79 Å². The van der Waals surface area contributed by atoms with Gasteiger partial charge in [-0.2, -0.15) is 5.10 Å². The molecule has 0 aliphatic heterocycles. The molecule has 0 atom stereocenters. The number of rotatable bonds is 7. The Balaban J connectivity index is 1.80. The summed E-state index contributed by atoms with van der Waals surface area (Å²) in [5, 5.41) is 3.87. The highest BCUT2D eigenvalue weighted by Gasteiger charge is 2.06. The van der Waals surface area contributed by atoms with Crippen LogP contribution in [-0.2, 0) is 4.79 Å². The number of allylic oxidation sites excluding steroid dienone is 1. The van der Waals surface area contributed by atoms with Gasteiger partial charge >= 0.3 is 0 Å². The van der Waals surface area contributed by atoms with Crippen LogP contribution in [0.25, 0.3) is 6.08 Å². The van der Waals surface area contributed by atoms with E-state index in [1.165, 1.54) is 6.21 Å². The fourth-order valence-electron chi connectivity index (χ4n) is 1.74. The molecule has 0 aliphatic carbocycles. The number of carbonyl (C=O) groups excluding carboxylic acids is 1. The highest BCUT2D eigenvalue weighted by molar-refractivity contribution is 9.10. The first-order valence-electron chi connectivity index (χ1n) is 7.08. The third-order valence-electron chi connectivity index (χ3n) is 2.87. The molecule has 0 saturated carbocycles. The number of nitrogens with zero attached hydrogens (tertiary/aromatic N) is 1. The van der Waals surface area contributed by atoms with Crippen LogP contribution < -0.4 is 14.9 Å². The van der Waals surface area contributed by atoms with Gasteiger partial charge < -0.3 is 13.9 Å². The Labute approximate surface area is 148 Å². The Bertz CT molecular complexity index is 739. The average Bonchev–Trinajstić information content (AvgIpc) is 3.06. The number of methoxy groups -OCH3 is 1. The van der Waals surface area contributed by atoms with E-state index in [2.05, 4.69) is 26.5 Å². The standard InChI is InChI=1S/C17H17BrN2O4/c1-12(8-14-4-3-7-23-14)10-19-20-17(21)11-24-16-6-5-13(22-2)9-15(16)18/h3-10H,11H2,1-2H3,(H,20,21)/b12-8+,19-10-. The lowest BCUT2D eigenvalue weighted by Crippen LogP contribution is -2.24. The van der Waals surface area contributed by atoms with Crippen molar-refractivity contribution in [3.63, 3.8) is 0 Å². The quantitative estimate of drug-likeness (QED) is 0.576. The Morgan fingerprint density at radius 3 is 2.92 bits per heavy atom. The zero-order chi connectivity index (χ0) is 17.4. The van der Waals surface area contributed by atoms with Crippen LogP contribution in [-0.4, -0.2) is 25.8 Å². The predicted octanol–water partition coefficient (Wildman–Crippen LogP) is 3.64. The van der Waals surface area contributed by atoms with Gasteiger partial charge in [-0.25, -0.2) is 5.43 Å². The van der Waals surface area contributed by atoms with E-state index in [1.54, 1.807) is 43.7 Å². The van der Waals surface area contributed by atoms with Gasteiger partial charge in [-0.05, 0) is 64.8 Å². The number of hydrogen-bond donors (Lipinski definition) is 1. The van der Waals surface area contributed by atoms with Crippen molar-refractivity contribution < 1.29 is 18.7 Å². The molecule has 0 spiro atoms. The van der Waals surface area contributed by atoms with Crippen LogP contribution in [0, 0.1) is 0 Å². The van der Waals surface area contributed by atoms with E-state index in [1.807, 2.05) is 13.0 Å². The minimum atomic E-state index is -0.361. The molecule has 0 fully saturated rings. The Kier molecular flexibility index (Phi) is 6.62. The SMILES string of the molecule is COc1ccc(OCC(=O)N/N=C\C(C)=C\c2ccco2)c(Br)c1. The molecule has 1 heterocycles. The smallest absolute Gasteiger partial charge is 0.277 e. The molecule has 6 nitrogen and oxygen atoms in total. The monoisotopic (exact) mass is 392 g/mol. The third kappa shape index (κ3) is 5.58. The van der Waals surface area contributed by atoms with Crippen molar-refractivity contribution in [3.8, 4) is 11.5 Å². The minimum Gasteiger partial charge on any atom is -0.497 e. The van der Waals surface area contributed by atoms with Gasteiger partial charge in [0, 0.05) is 0 Å². The van der Waals surface area contributed by atoms with Gasteiger partial charge in [0.15, 0.2) is 6.61 Å². The van der Waals surface area contributed by atoms with Crippen molar-refractivity contribution in [2.45, 2.75) is 6.92 Å². The molecular formula is C17H17BrN2O4. The van der Waals surface area contributed by atoms with Crippen molar-refractivity contribution >= 4 is 34.1 Å².